The average molecular weight is 363 g/mol. The predicted octanol–water partition coefficient (Wildman–Crippen LogP) is 2.27. The summed E-state index contributed by atoms with van der Waals surface area (Å²) in [5.74, 6) is 0.862. The third-order valence-electron chi connectivity index (χ3n) is 2.06. The Kier molecular flexibility index (Phi) is 7.60. The Labute approximate surface area is 115 Å². The first-order valence-electron chi connectivity index (χ1n) is 4.31. The number of rotatable bonds is 3. The topological polar surface area (TPSA) is 34.1 Å². The molecule has 1 aromatic rings. The minimum Gasteiger partial charge on any atom is -0.490 e. The van der Waals surface area contributed by atoms with Crippen LogP contribution in [0.25, 0.3) is 0 Å². The van der Waals surface area contributed by atoms with Crippen molar-refractivity contribution in [3.8, 4) is 5.75 Å². The van der Waals surface area contributed by atoms with E-state index in [1.165, 1.54) is 6.42 Å². The Morgan fingerprint density at radius 1 is 1.47 bits per heavy atom. The second-order valence-electron chi connectivity index (χ2n) is 3.09. The lowest BCUT2D eigenvalue weighted by molar-refractivity contribution is 0.217. The number of ether oxygens (including phenoxy) is 1. The summed E-state index contributed by atoms with van der Waals surface area (Å²) >= 11 is 2.23. The van der Waals surface area contributed by atoms with Crippen molar-refractivity contribution >= 4 is 47.4 Å². The molecule has 1 aromatic heterocycles. The molecule has 0 spiro atoms. The summed E-state index contributed by atoms with van der Waals surface area (Å²) < 4.78 is 6.67. The molecule has 2 rings (SSSR count). The van der Waals surface area contributed by atoms with Gasteiger partial charge in [0.2, 0.25) is 0 Å². The Morgan fingerprint density at radius 2 is 2.20 bits per heavy atom. The summed E-state index contributed by atoms with van der Waals surface area (Å²) in [6, 6.07) is 2.53. The molecule has 1 N–H and O–H groups in total. The van der Waals surface area contributed by atoms with E-state index in [0.29, 0.717) is 6.04 Å². The Balaban J connectivity index is 0.000000980. The standard InChI is InChI=1S/C9H11IN2O.2ClH/c10-7-3-9(5-11-4-7)13-6-8-1-2-12-8;;/h3-5,8,12H,1-2,6H2;2*1H/t8-;;/m0../s1. The number of nitrogens with one attached hydrogen (secondary N) is 1. The lowest BCUT2D eigenvalue weighted by Crippen LogP contribution is -2.46. The molecule has 0 unspecified atom stereocenters. The molecule has 1 aliphatic heterocycles. The molecule has 1 aliphatic rings. The van der Waals surface area contributed by atoms with E-state index in [4.69, 9.17) is 4.74 Å². The quantitative estimate of drug-likeness (QED) is 0.837. The van der Waals surface area contributed by atoms with Crippen LogP contribution in [0.4, 0.5) is 0 Å². The molecule has 0 saturated carbocycles. The SMILES string of the molecule is Cl.Cl.Ic1cncc(OC[C@@H]2CCN2)c1. The van der Waals surface area contributed by atoms with Gasteiger partial charge in [-0.25, -0.2) is 0 Å². The van der Waals surface area contributed by atoms with E-state index < -0.39 is 0 Å². The van der Waals surface area contributed by atoms with Crippen LogP contribution in [-0.2, 0) is 0 Å². The predicted molar refractivity (Wildman–Crippen MR) is 73.4 cm³/mol. The number of aromatic nitrogens is 1. The van der Waals surface area contributed by atoms with Crippen LogP contribution >= 0.6 is 47.4 Å². The zero-order chi connectivity index (χ0) is 9.10. The summed E-state index contributed by atoms with van der Waals surface area (Å²) in [6.45, 7) is 1.88. The zero-order valence-corrected chi connectivity index (χ0v) is 11.8. The summed E-state index contributed by atoms with van der Waals surface area (Å²) in [6.07, 6.45) is 4.78. The maximum atomic E-state index is 5.56. The van der Waals surface area contributed by atoms with Crippen LogP contribution in [0.1, 0.15) is 6.42 Å². The average Bonchev–Trinajstić information content (AvgIpc) is 2.01. The summed E-state index contributed by atoms with van der Waals surface area (Å²) in [7, 11) is 0. The van der Waals surface area contributed by atoms with Gasteiger partial charge in [0.15, 0.2) is 0 Å². The van der Waals surface area contributed by atoms with Crippen molar-refractivity contribution in [2.24, 2.45) is 0 Å². The zero-order valence-electron chi connectivity index (χ0n) is 7.98. The number of hydrogen-bond donors (Lipinski definition) is 1. The van der Waals surface area contributed by atoms with Crippen LogP contribution in [0.2, 0.25) is 0 Å². The first kappa shape index (κ1) is 15.2. The van der Waals surface area contributed by atoms with E-state index in [0.717, 1.165) is 22.5 Å². The molecule has 2 heterocycles. The Morgan fingerprint density at radius 3 is 2.73 bits per heavy atom. The summed E-state index contributed by atoms with van der Waals surface area (Å²) in [4.78, 5) is 4.05. The normalized spacial score (nSPS) is 18.1. The van der Waals surface area contributed by atoms with Gasteiger partial charge in [0.25, 0.3) is 0 Å². The highest BCUT2D eigenvalue weighted by Gasteiger charge is 2.16. The number of nitrogens with zero attached hydrogens (tertiary/aromatic N) is 1. The van der Waals surface area contributed by atoms with E-state index >= 15 is 0 Å². The first-order valence-corrected chi connectivity index (χ1v) is 5.39. The highest BCUT2D eigenvalue weighted by atomic mass is 127. The molecule has 1 fully saturated rings. The van der Waals surface area contributed by atoms with Gasteiger partial charge in [0, 0.05) is 15.8 Å². The van der Waals surface area contributed by atoms with Crippen molar-refractivity contribution in [3.05, 3.63) is 22.0 Å². The van der Waals surface area contributed by atoms with Crippen molar-refractivity contribution in [3.63, 3.8) is 0 Å². The van der Waals surface area contributed by atoms with Crippen molar-refractivity contribution in [2.45, 2.75) is 12.5 Å². The lowest BCUT2D eigenvalue weighted by Gasteiger charge is -2.27. The van der Waals surface area contributed by atoms with E-state index in [9.17, 15) is 0 Å². The van der Waals surface area contributed by atoms with Gasteiger partial charge in [-0.05, 0) is 41.6 Å². The molecule has 3 nitrogen and oxygen atoms in total. The molecule has 6 heteroatoms. The van der Waals surface area contributed by atoms with Gasteiger partial charge < -0.3 is 10.1 Å². The van der Waals surface area contributed by atoms with Crippen molar-refractivity contribution in [1.29, 1.82) is 0 Å². The van der Waals surface area contributed by atoms with Crippen molar-refractivity contribution in [1.82, 2.24) is 10.3 Å². The van der Waals surface area contributed by atoms with E-state index in [-0.39, 0.29) is 24.8 Å². The smallest absolute Gasteiger partial charge is 0.138 e. The molecule has 0 radical (unpaired) electrons. The van der Waals surface area contributed by atoms with Crippen LogP contribution in [0.3, 0.4) is 0 Å². The number of pyridine rings is 1. The molecule has 0 bridgehead atoms. The summed E-state index contributed by atoms with van der Waals surface area (Å²) in [5, 5.41) is 3.28. The molecule has 15 heavy (non-hydrogen) atoms. The van der Waals surface area contributed by atoms with E-state index in [1.807, 2.05) is 12.3 Å². The van der Waals surface area contributed by atoms with Crippen molar-refractivity contribution < 1.29 is 4.74 Å². The van der Waals surface area contributed by atoms with Crippen LogP contribution in [0, 0.1) is 3.57 Å². The van der Waals surface area contributed by atoms with Gasteiger partial charge in [0.1, 0.15) is 12.4 Å². The largest absolute Gasteiger partial charge is 0.490 e. The molecule has 1 saturated heterocycles. The van der Waals surface area contributed by atoms with Crippen molar-refractivity contribution in [2.75, 3.05) is 13.2 Å². The second kappa shape index (κ2) is 7.49. The lowest BCUT2D eigenvalue weighted by atomic mass is 10.1. The molecule has 1 atom stereocenters. The van der Waals surface area contributed by atoms with Crippen LogP contribution < -0.4 is 10.1 Å². The fourth-order valence-corrected chi connectivity index (χ4v) is 1.63. The van der Waals surface area contributed by atoms with Gasteiger partial charge in [0.05, 0.1) is 6.20 Å². The molecular formula is C9H13Cl2IN2O. The van der Waals surface area contributed by atoms with Gasteiger partial charge in [-0.3, -0.25) is 4.98 Å². The van der Waals surface area contributed by atoms with Gasteiger partial charge in [-0.15, -0.1) is 24.8 Å². The van der Waals surface area contributed by atoms with Gasteiger partial charge in [-0.2, -0.15) is 0 Å². The fraction of sp³-hybridized carbons (Fsp3) is 0.444. The second-order valence-corrected chi connectivity index (χ2v) is 4.34. The number of halogens is 3. The Hall–Kier alpha value is 0.220. The fourth-order valence-electron chi connectivity index (χ4n) is 1.16. The highest BCUT2D eigenvalue weighted by molar-refractivity contribution is 14.1. The molecule has 0 aliphatic carbocycles. The third-order valence-corrected chi connectivity index (χ3v) is 2.65. The monoisotopic (exact) mass is 362 g/mol. The molecule has 86 valence electrons. The molecule has 0 amide bonds. The van der Waals surface area contributed by atoms with E-state index in [2.05, 4.69) is 32.9 Å². The highest BCUT2D eigenvalue weighted by Crippen LogP contribution is 2.14. The molecular weight excluding hydrogens is 350 g/mol. The van der Waals surface area contributed by atoms with Crippen LogP contribution in [-0.4, -0.2) is 24.2 Å². The van der Waals surface area contributed by atoms with Crippen LogP contribution in [0.5, 0.6) is 5.75 Å². The minimum absolute atomic E-state index is 0. The minimum atomic E-state index is 0. The molecule has 0 aromatic carbocycles. The third kappa shape index (κ3) is 4.72. The van der Waals surface area contributed by atoms with Gasteiger partial charge in [-0.1, -0.05) is 0 Å². The number of hydrogen-bond acceptors (Lipinski definition) is 3. The summed E-state index contributed by atoms with van der Waals surface area (Å²) in [5.41, 5.74) is 0. The Bertz CT molecular complexity index is 297. The maximum absolute atomic E-state index is 5.56. The maximum Gasteiger partial charge on any atom is 0.138 e. The van der Waals surface area contributed by atoms with E-state index in [1.54, 1.807) is 6.20 Å². The van der Waals surface area contributed by atoms with Gasteiger partial charge >= 0.3 is 0 Å². The first-order chi connectivity index (χ1) is 6.34. The van der Waals surface area contributed by atoms with Crippen LogP contribution in [0.15, 0.2) is 18.5 Å².